The fraction of sp³-hybridized carbons (Fsp3) is 0.222. The Morgan fingerprint density at radius 3 is 3.07 bits per heavy atom. The van der Waals surface area contributed by atoms with Crippen LogP contribution < -0.4 is 5.32 Å². The molecule has 1 amide bonds. The molecule has 0 aliphatic heterocycles. The Morgan fingerprint density at radius 2 is 2.47 bits per heavy atom. The number of thiazole rings is 1. The van der Waals surface area contributed by atoms with Crippen LogP contribution in [0.25, 0.3) is 0 Å². The van der Waals surface area contributed by atoms with E-state index >= 15 is 0 Å². The summed E-state index contributed by atoms with van der Waals surface area (Å²) >= 11 is 1.39. The number of nitrogens with zero attached hydrogens (tertiary/aromatic N) is 3. The Kier molecular flexibility index (Phi) is 2.77. The molecule has 0 aliphatic carbocycles. The number of carbonyl (C=O) groups excluding carboxylic acids is 1. The van der Waals surface area contributed by atoms with Crippen LogP contribution in [0.2, 0.25) is 0 Å². The van der Waals surface area contributed by atoms with E-state index in [-0.39, 0.29) is 11.9 Å². The van der Waals surface area contributed by atoms with Crippen LogP contribution in [0.3, 0.4) is 0 Å². The van der Waals surface area contributed by atoms with Gasteiger partial charge in [-0.3, -0.25) is 9.48 Å². The van der Waals surface area contributed by atoms with Crippen molar-refractivity contribution in [2.24, 2.45) is 0 Å². The molecule has 0 radical (unpaired) electrons. The van der Waals surface area contributed by atoms with E-state index in [4.69, 9.17) is 0 Å². The Balaban J connectivity index is 2.03. The Morgan fingerprint density at radius 1 is 1.60 bits per heavy atom. The van der Waals surface area contributed by atoms with Gasteiger partial charge in [0.15, 0.2) is 5.13 Å². The molecule has 1 atom stereocenters. The van der Waals surface area contributed by atoms with Gasteiger partial charge in [-0.15, -0.1) is 11.3 Å². The van der Waals surface area contributed by atoms with Crippen molar-refractivity contribution >= 4 is 22.4 Å². The van der Waals surface area contributed by atoms with Gasteiger partial charge in [0.25, 0.3) is 5.91 Å². The third-order valence-corrected chi connectivity index (χ3v) is 2.65. The Bertz CT molecular complexity index is 423. The summed E-state index contributed by atoms with van der Waals surface area (Å²) in [5.74, 6) is -0.117. The highest BCUT2D eigenvalue weighted by Crippen LogP contribution is 2.13. The highest BCUT2D eigenvalue weighted by atomic mass is 32.1. The van der Waals surface area contributed by atoms with Crippen LogP contribution in [0.4, 0.5) is 5.13 Å². The lowest BCUT2D eigenvalue weighted by Crippen LogP contribution is -2.23. The number of rotatable bonds is 3. The topological polar surface area (TPSA) is 59.8 Å². The number of hydrogen-bond donors (Lipinski definition) is 1. The predicted molar refractivity (Wildman–Crippen MR) is 57.7 cm³/mol. The first-order chi connectivity index (χ1) is 7.27. The molecule has 0 aromatic carbocycles. The van der Waals surface area contributed by atoms with Gasteiger partial charge in [0.05, 0.1) is 0 Å². The van der Waals surface area contributed by atoms with Crippen LogP contribution in [0, 0.1) is 0 Å². The van der Waals surface area contributed by atoms with Crippen molar-refractivity contribution in [2.75, 3.05) is 5.32 Å². The number of carbonyl (C=O) groups is 1. The lowest BCUT2D eigenvalue weighted by atomic mass is 10.3. The third kappa shape index (κ3) is 2.21. The van der Waals surface area contributed by atoms with Gasteiger partial charge in [-0.2, -0.15) is 5.10 Å². The SMILES string of the molecule is CC(C(=O)Nc1nccs1)n1cccn1. The van der Waals surface area contributed by atoms with Crippen molar-refractivity contribution in [1.29, 1.82) is 0 Å². The van der Waals surface area contributed by atoms with E-state index < -0.39 is 0 Å². The molecule has 2 heterocycles. The number of nitrogens with one attached hydrogen (secondary N) is 1. The van der Waals surface area contributed by atoms with Gasteiger partial charge in [-0.1, -0.05) is 0 Å². The van der Waals surface area contributed by atoms with Gasteiger partial charge < -0.3 is 5.32 Å². The van der Waals surface area contributed by atoms with Gasteiger partial charge in [0.1, 0.15) is 6.04 Å². The second kappa shape index (κ2) is 4.22. The molecule has 0 aliphatic rings. The average Bonchev–Trinajstić information content (AvgIpc) is 2.88. The Hall–Kier alpha value is -1.69. The molecule has 0 fully saturated rings. The molecule has 1 N–H and O–H groups in total. The van der Waals surface area contributed by atoms with E-state index in [1.54, 1.807) is 36.3 Å². The standard InChI is InChI=1S/C9H10N4OS/c1-7(13-5-2-3-11-13)8(14)12-9-10-4-6-15-9/h2-7H,1H3,(H,10,12,14). The lowest BCUT2D eigenvalue weighted by Gasteiger charge is -2.10. The number of hydrogen-bond acceptors (Lipinski definition) is 4. The van der Waals surface area contributed by atoms with E-state index in [1.165, 1.54) is 11.3 Å². The summed E-state index contributed by atoms with van der Waals surface area (Å²) in [6, 6.07) is 1.46. The summed E-state index contributed by atoms with van der Waals surface area (Å²) in [7, 11) is 0. The van der Waals surface area contributed by atoms with Gasteiger partial charge in [0.2, 0.25) is 0 Å². The van der Waals surface area contributed by atoms with Gasteiger partial charge in [-0.25, -0.2) is 4.98 Å². The van der Waals surface area contributed by atoms with Crippen LogP contribution >= 0.6 is 11.3 Å². The van der Waals surface area contributed by atoms with Gasteiger partial charge >= 0.3 is 0 Å². The van der Waals surface area contributed by atoms with Gasteiger partial charge in [0, 0.05) is 24.0 Å². The van der Waals surface area contributed by atoms with Crippen LogP contribution in [0.1, 0.15) is 13.0 Å². The van der Waals surface area contributed by atoms with Crippen molar-refractivity contribution in [3.63, 3.8) is 0 Å². The number of aromatic nitrogens is 3. The van der Waals surface area contributed by atoms with Crippen LogP contribution in [0.5, 0.6) is 0 Å². The second-order valence-corrected chi connectivity index (χ2v) is 3.88. The number of amides is 1. The van der Waals surface area contributed by atoms with E-state index in [9.17, 15) is 4.79 Å². The van der Waals surface area contributed by atoms with Crippen molar-refractivity contribution in [3.05, 3.63) is 30.0 Å². The summed E-state index contributed by atoms with van der Waals surface area (Å²) in [6.45, 7) is 1.79. The first-order valence-corrected chi connectivity index (χ1v) is 5.35. The second-order valence-electron chi connectivity index (χ2n) is 2.99. The zero-order valence-electron chi connectivity index (χ0n) is 8.12. The molecule has 2 aromatic heterocycles. The molecule has 0 spiro atoms. The molecule has 0 saturated carbocycles. The molecule has 5 nitrogen and oxygen atoms in total. The largest absolute Gasteiger partial charge is 0.300 e. The minimum atomic E-state index is -0.330. The first kappa shape index (κ1) is 9.85. The summed E-state index contributed by atoms with van der Waals surface area (Å²) < 4.78 is 1.60. The molecular formula is C9H10N4OS. The normalized spacial score (nSPS) is 12.3. The third-order valence-electron chi connectivity index (χ3n) is 1.96. The molecule has 0 bridgehead atoms. The van der Waals surface area contributed by atoms with Crippen molar-refractivity contribution < 1.29 is 4.79 Å². The minimum absolute atomic E-state index is 0.117. The predicted octanol–water partition coefficient (Wildman–Crippen LogP) is 1.54. The van der Waals surface area contributed by atoms with E-state index in [0.717, 1.165) is 0 Å². The summed E-state index contributed by atoms with van der Waals surface area (Å²) in [5, 5.41) is 9.15. The monoisotopic (exact) mass is 222 g/mol. The Labute approximate surface area is 90.8 Å². The molecule has 2 rings (SSSR count). The quantitative estimate of drug-likeness (QED) is 0.856. The zero-order valence-corrected chi connectivity index (χ0v) is 8.94. The fourth-order valence-electron chi connectivity index (χ4n) is 1.12. The van der Waals surface area contributed by atoms with Crippen LogP contribution in [-0.2, 0) is 4.79 Å². The molecular weight excluding hydrogens is 212 g/mol. The first-order valence-electron chi connectivity index (χ1n) is 4.47. The fourth-order valence-corrected chi connectivity index (χ4v) is 1.66. The lowest BCUT2D eigenvalue weighted by molar-refractivity contribution is -0.119. The zero-order chi connectivity index (χ0) is 10.7. The van der Waals surface area contributed by atoms with Crippen LogP contribution in [-0.4, -0.2) is 20.7 Å². The van der Waals surface area contributed by atoms with Crippen molar-refractivity contribution in [2.45, 2.75) is 13.0 Å². The average molecular weight is 222 g/mol. The molecule has 0 saturated heterocycles. The maximum atomic E-state index is 11.7. The maximum absolute atomic E-state index is 11.7. The summed E-state index contributed by atoms with van der Waals surface area (Å²) in [5.41, 5.74) is 0. The maximum Gasteiger partial charge on any atom is 0.250 e. The van der Waals surface area contributed by atoms with E-state index in [0.29, 0.717) is 5.13 Å². The van der Waals surface area contributed by atoms with Crippen molar-refractivity contribution in [3.8, 4) is 0 Å². The van der Waals surface area contributed by atoms with Crippen LogP contribution in [0.15, 0.2) is 30.0 Å². The smallest absolute Gasteiger partial charge is 0.250 e. The number of anilines is 1. The molecule has 2 aromatic rings. The van der Waals surface area contributed by atoms with E-state index in [2.05, 4.69) is 15.4 Å². The van der Waals surface area contributed by atoms with Gasteiger partial charge in [-0.05, 0) is 13.0 Å². The van der Waals surface area contributed by atoms with E-state index in [1.807, 2.05) is 5.38 Å². The molecule has 6 heteroatoms. The molecule has 78 valence electrons. The highest BCUT2D eigenvalue weighted by molar-refractivity contribution is 7.13. The summed E-state index contributed by atoms with van der Waals surface area (Å²) in [6.07, 6.45) is 5.05. The van der Waals surface area contributed by atoms with Crippen molar-refractivity contribution in [1.82, 2.24) is 14.8 Å². The summed E-state index contributed by atoms with van der Waals surface area (Å²) in [4.78, 5) is 15.7. The molecule has 1 unspecified atom stereocenters. The highest BCUT2D eigenvalue weighted by Gasteiger charge is 2.15. The molecule has 15 heavy (non-hydrogen) atoms. The minimum Gasteiger partial charge on any atom is -0.300 e.